The summed E-state index contributed by atoms with van der Waals surface area (Å²) in [5.74, 6) is -0.212. The first-order valence-corrected chi connectivity index (χ1v) is 3.81. The third-order valence-electron chi connectivity index (χ3n) is 1.57. The fraction of sp³-hybridized carbons (Fsp3) is 0.625. The van der Waals surface area contributed by atoms with Crippen LogP contribution in [0.25, 0.3) is 0 Å². The fourth-order valence-corrected chi connectivity index (χ4v) is 1.00. The second kappa shape index (κ2) is 4.13. The molecule has 0 aromatic carbocycles. The van der Waals surface area contributed by atoms with Gasteiger partial charge in [-0.3, -0.25) is 4.79 Å². The van der Waals surface area contributed by atoms with E-state index in [1.165, 1.54) is 12.5 Å². The van der Waals surface area contributed by atoms with Gasteiger partial charge in [-0.1, -0.05) is 6.08 Å². The molecule has 62 valence electrons. The van der Waals surface area contributed by atoms with Gasteiger partial charge in [0.25, 0.3) is 0 Å². The first kappa shape index (κ1) is 8.27. The lowest BCUT2D eigenvalue weighted by atomic mass is 10.2. The van der Waals surface area contributed by atoms with E-state index in [2.05, 4.69) is 11.4 Å². The second-order valence-electron chi connectivity index (χ2n) is 2.61. The van der Waals surface area contributed by atoms with Crippen molar-refractivity contribution in [3.63, 3.8) is 0 Å². The highest BCUT2D eigenvalue weighted by Gasteiger charge is 2.03. The van der Waals surface area contributed by atoms with Gasteiger partial charge in [0.1, 0.15) is 6.61 Å². The predicted molar refractivity (Wildman–Crippen MR) is 42.2 cm³/mol. The molecule has 3 heteroatoms. The topological polar surface area (TPSA) is 38.3 Å². The number of carbonyl (C=O) groups excluding carboxylic acids is 1. The Bertz CT molecular complexity index is 175. The Hall–Kier alpha value is -0.830. The number of hydrogen-bond acceptors (Lipinski definition) is 3. The Balaban J connectivity index is 2.24. The van der Waals surface area contributed by atoms with Gasteiger partial charge in [-0.2, -0.15) is 0 Å². The van der Waals surface area contributed by atoms with E-state index in [0.717, 1.165) is 19.5 Å². The zero-order valence-electron chi connectivity index (χ0n) is 6.72. The van der Waals surface area contributed by atoms with E-state index in [4.69, 9.17) is 4.74 Å². The van der Waals surface area contributed by atoms with Gasteiger partial charge in [0.2, 0.25) is 0 Å². The molecular formula is C8H13NO2. The molecule has 0 aromatic heterocycles. The van der Waals surface area contributed by atoms with Crippen LogP contribution in [0.15, 0.2) is 11.6 Å². The molecule has 0 saturated carbocycles. The maximum Gasteiger partial charge on any atom is 0.302 e. The maximum atomic E-state index is 10.4. The zero-order chi connectivity index (χ0) is 8.10. The van der Waals surface area contributed by atoms with Gasteiger partial charge >= 0.3 is 5.97 Å². The molecule has 3 nitrogen and oxygen atoms in total. The summed E-state index contributed by atoms with van der Waals surface area (Å²) in [6.45, 7) is 3.76. The lowest BCUT2D eigenvalue weighted by Gasteiger charge is -2.13. The van der Waals surface area contributed by atoms with Crippen LogP contribution in [0.1, 0.15) is 13.3 Å². The molecule has 1 rings (SSSR count). The molecule has 0 radical (unpaired) electrons. The van der Waals surface area contributed by atoms with Gasteiger partial charge in [0.15, 0.2) is 0 Å². The summed E-state index contributed by atoms with van der Waals surface area (Å²) in [6, 6.07) is 0. The first-order chi connectivity index (χ1) is 5.29. The molecule has 1 aliphatic heterocycles. The molecule has 0 saturated heterocycles. The smallest absolute Gasteiger partial charge is 0.302 e. The zero-order valence-corrected chi connectivity index (χ0v) is 6.72. The third kappa shape index (κ3) is 3.18. The summed E-state index contributed by atoms with van der Waals surface area (Å²) in [5, 5.41) is 3.20. The highest BCUT2D eigenvalue weighted by Crippen LogP contribution is 2.00. The van der Waals surface area contributed by atoms with Crippen LogP contribution < -0.4 is 5.32 Å². The molecule has 0 fully saturated rings. The summed E-state index contributed by atoms with van der Waals surface area (Å²) in [4.78, 5) is 10.4. The van der Waals surface area contributed by atoms with Crippen LogP contribution >= 0.6 is 0 Å². The van der Waals surface area contributed by atoms with E-state index in [1.54, 1.807) is 0 Å². The van der Waals surface area contributed by atoms with Crippen molar-refractivity contribution < 1.29 is 9.53 Å². The van der Waals surface area contributed by atoms with Crippen molar-refractivity contribution in [2.24, 2.45) is 0 Å². The molecule has 0 aromatic rings. The van der Waals surface area contributed by atoms with E-state index >= 15 is 0 Å². The van der Waals surface area contributed by atoms with Gasteiger partial charge < -0.3 is 10.1 Å². The summed E-state index contributed by atoms with van der Waals surface area (Å²) in [6.07, 6.45) is 3.16. The van der Waals surface area contributed by atoms with Crippen molar-refractivity contribution in [1.82, 2.24) is 5.32 Å². The lowest BCUT2D eigenvalue weighted by molar-refractivity contribution is -0.140. The van der Waals surface area contributed by atoms with Crippen molar-refractivity contribution in [1.29, 1.82) is 0 Å². The average Bonchev–Trinajstić information content (AvgIpc) is 2.03. The largest absolute Gasteiger partial charge is 0.461 e. The SMILES string of the molecule is CC(=O)OCC1=CCCNC1. The maximum absolute atomic E-state index is 10.4. The van der Waals surface area contributed by atoms with E-state index < -0.39 is 0 Å². The first-order valence-electron chi connectivity index (χ1n) is 3.81. The Labute approximate surface area is 66.4 Å². The molecule has 0 atom stereocenters. The van der Waals surface area contributed by atoms with Crippen LogP contribution in [-0.2, 0) is 9.53 Å². The van der Waals surface area contributed by atoms with Crippen molar-refractivity contribution >= 4 is 5.97 Å². The number of hydrogen-bond donors (Lipinski definition) is 1. The van der Waals surface area contributed by atoms with Crippen LogP contribution in [-0.4, -0.2) is 25.7 Å². The van der Waals surface area contributed by atoms with Crippen LogP contribution in [0.5, 0.6) is 0 Å². The molecule has 0 spiro atoms. The van der Waals surface area contributed by atoms with Gasteiger partial charge in [0.05, 0.1) is 0 Å². The second-order valence-corrected chi connectivity index (χ2v) is 2.61. The highest BCUT2D eigenvalue weighted by atomic mass is 16.5. The molecule has 0 bridgehead atoms. The van der Waals surface area contributed by atoms with E-state index in [1.807, 2.05) is 0 Å². The van der Waals surface area contributed by atoms with Gasteiger partial charge in [-0.25, -0.2) is 0 Å². The molecule has 11 heavy (non-hydrogen) atoms. The van der Waals surface area contributed by atoms with Crippen molar-refractivity contribution in [2.45, 2.75) is 13.3 Å². The molecule has 0 unspecified atom stereocenters. The van der Waals surface area contributed by atoms with Crippen molar-refractivity contribution in [2.75, 3.05) is 19.7 Å². The normalized spacial score (nSPS) is 17.4. The minimum absolute atomic E-state index is 0.212. The number of esters is 1. The van der Waals surface area contributed by atoms with Crippen LogP contribution in [0.2, 0.25) is 0 Å². The summed E-state index contributed by atoms with van der Waals surface area (Å²) in [7, 11) is 0. The van der Waals surface area contributed by atoms with Crippen molar-refractivity contribution in [3.05, 3.63) is 11.6 Å². The number of rotatable bonds is 2. The Morgan fingerprint density at radius 2 is 2.64 bits per heavy atom. The molecule has 0 amide bonds. The standard InChI is InChI=1S/C8H13NO2/c1-7(10)11-6-8-3-2-4-9-5-8/h3,9H,2,4-6H2,1H3. The third-order valence-corrected chi connectivity index (χ3v) is 1.57. The Morgan fingerprint density at radius 1 is 1.82 bits per heavy atom. The number of carbonyl (C=O) groups is 1. The number of ether oxygens (including phenoxy) is 1. The molecular weight excluding hydrogens is 142 g/mol. The molecule has 1 aliphatic rings. The van der Waals surface area contributed by atoms with Gasteiger partial charge in [-0.05, 0) is 18.5 Å². The lowest BCUT2D eigenvalue weighted by Crippen LogP contribution is -2.24. The average molecular weight is 155 g/mol. The number of nitrogens with one attached hydrogen (secondary N) is 1. The quantitative estimate of drug-likeness (QED) is 0.465. The predicted octanol–water partition coefficient (Wildman–Crippen LogP) is 0.469. The van der Waals surface area contributed by atoms with E-state index in [-0.39, 0.29) is 5.97 Å². The molecule has 1 heterocycles. The van der Waals surface area contributed by atoms with Crippen molar-refractivity contribution in [3.8, 4) is 0 Å². The Kier molecular flexibility index (Phi) is 3.11. The fourth-order valence-electron chi connectivity index (χ4n) is 1.00. The van der Waals surface area contributed by atoms with Crippen LogP contribution in [0.4, 0.5) is 0 Å². The summed E-state index contributed by atoms with van der Waals surface area (Å²) < 4.78 is 4.83. The van der Waals surface area contributed by atoms with Gasteiger partial charge in [0, 0.05) is 13.5 Å². The minimum Gasteiger partial charge on any atom is -0.461 e. The minimum atomic E-state index is -0.212. The van der Waals surface area contributed by atoms with E-state index in [0.29, 0.717) is 6.61 Å². The summed E-state index contributed by atoms with van der Waals surface area (Å²) >= 11 is 0. The van der Waals surface area contributed by atoms with Crippen LogP contribution in [0, 0.1) is 0 Å². The highest BCUT2D eigenvalue weighted by molar-refractivity contribution is 5.66. The van der Waals surface area contributed by atoms with Crippen LogP contribution in [0.3, 0.4) is 0 Å². The van der Waals surface area contributed by atoms with Gasteiger partial charge in [-0.15, -0.1) is 0 Å². The Morgan fingerprint density at radius 3 is 3.18 bits per heavy atom. The molecule has 1 N–H and O–H groups in total. The van der Waals surface area contributed by atoms with E-state index in [9.17, 15) is 4.79 Å². The monoisotopic (exact) mass is 155 g/mol. The molecule has 0 aliphatic carbocycles. The summed E-state index contributed by atoms with van der Waals surface area (Å²) in [5.41, 5.74) is 1.17.